The topological polar surface area (TPSA) is 561 Å². The molecule has 5 aromatic rings. The number of nitrogens with zero attached hydrogens (tertiary/aromatic N) is 4. The average Bonchev–Trinajstić information content (AvgIpc) is 1.79. The molecule has 0 spiro atoms. The minimum Gasteiger partial charge on any atom is -0.508 e. The second kappa shape index (κ2) is 42.8. The third-order valence-electron chi connectivity index (χ3n) is 19.3. The Bertz CT molecular complexity index is 3980. The SMILES string of the molecule is CC(C)C[C@H](NC(=O)[C@H](Cc1ccc(O)cc1)NC(=O)[C@H](CCCN=C(N)N)NC(=O)[C@@H]1CCCN1C(=O)[C@H](CC(C)C)NC(=O)[C@H](Cc1ccccc1)NC(=O)[C@H](CCCCN)NC(=O)[C@@H](NC(=O)[C@H](Cc1cnc[nH]1)NC(=O)[C@@H](N)Cc1c[nH]c2ccccc12)[C@@H](C)O)C(=O)N1CCC[C@H]1C(=O)N[C@@H](CO)C(=O)O. The first-order valence-corrected chi connectivity index (χ1v) is 37.7. The summed E-state index contributed by atoms with van der Waals surface area (Å²) in [6.07, 6.45) is 4.23. The second-order valence-electron chi connectivity index (χ2n) is 29.1. The predicted molar refractivity (Wildman–Crippen MR) is 409 cm³/mol. The number of rotatable bonds is 43. The zero-order valence-electron chi connectivity index (χ0n) is 63.3. The Hall–Kier alpha value is -11.0. The molecule has 35 heteroatoms. The highest BCUT2D eigenvalue weighted by molar-refractivity contribution is 6.00. The van der Waals surface area contributed by atoms with E-state index in [0.717, 1.165) is 16.5 Å². The van der Waals surface area contributed by atoms with Gasteiger partial charge in [0.05, 0.1) is 25.1 Å². The number of phenolic OH excluding ortho intramolecular Hbond substituents is 1. The number of aliphatic hydroxyl groups excluding tert-OH is 2. The number of fused-ring (bicyclic) bond motifs is 1. The summed E-state index contributed by atoms with van der Waals surface area (Å²) in [5.41, 5.74) is 26.7. The molecule has 2 aliphatic heterocycles. The zero-order valence-corrected chi connectivity index (χ0v) is 63.3. The number of aliphatic hydroxyl groups is 2. The van der Waals surface area contributed by atoms with E-state index in [-0.39, 0.29) is 127 Å². The average molecular weight is 1540 g/mol. The minimum atomic E-state index is -1.72. The molecule has 0 aliphatic carbocycles. The van der Waals surface area contributed by atoms with Gasteiger partial charge in [-0.25, -0.2) is 9.78 Å². The molecule has 0 bridgehead atoms. The summed E-state index contributed by atoms with van der Waals surface area (Å²) in [6, 6.07) is 5.30. The van der Waals surface area contributed by atoms with Crippen LogP contribution in [0.5, 0.6) is 5.75 Å². The van der Waals surface area contributed by atoms with Gasteiger partial charge < -0.3 is 111 Å². The molecule has 2 aromatic heterocycles. The number of benzene rings is 3. The molecule has 2 saturated heterocycles. The fraction of sp³-hybridized carbons (Fsp3) is 0.526. The van der Waals surface area contributed by atoms with Crippen molar-refractivity contribution in [3.05, 3.63) is 120 Å². The molecule has 2 fully saturated rings. The van der Waals surface area contributed by atoms with Crippen molar-refractivity contribution in [2.24, 2.45) is 39.8 Å². The quantitative estimate of drug-likeness (QED) is 0.0117. The summed E-state index contributed by atoms with van der Waals surface area (Å²) in [6.45, 7) is 7.88. The molecule has 35 nitrogen and oxygen atoms in total. The van der Waals surface area contributed by atoms with Crippen LogP contribution >= 0.6 is 0 Å². The molecule has 3 aromatic carbocycles. The van der Waals surface area contributed by atoms with Gasteiger partial charge in [-0.15, -0.1) is 0 Å². The molecular formula is C76H109N19O16. The number of carboxylic acids is 1. The minimum absolute atomic E-state index is 0.00268. The Balaban J connectivity index is 1.09. The fourth-order valence-corrected chi connectivity index (χ4v) is 13.5. The number of carbonyl (C=O) groups excluding carboxylic acids is 11. The van der Waals surface area contributed by atoms with Gasteiger partial charge in [-0.3, -0.25) is 57.7 Å². The predicted octanol–water partition coefficient (Wildman–Crippen LogP) is -1.73. The summed E-state index contributed by atoms with van der Waals surface area (Å²) < 4.78 is 0. The van der Waals surface area contributed by atoms with Gasteiger partial charge in [-0.05, 0) is 137 Å². The molecule has 4 heterocycles. The molecule has 0 radical (unpaired) electrons. The van der Waals surface area contributed by atoms with Crippen LogP contribution in [0.2, 0.25) is 0 Å². The molecule has 2 aliphatic rings. The maximum absolute atomic E-state index is 15.2. The van der Waals surface area contributed by atoms with Crippen LogP contribution in [0.4, 0.5) is 0 Å². The lowest BCUT2D eigenvalue weighted by atomic mass is 9.99. The number of likely N-dealkylation sites (tertiary alicyclic amines) is 2. The van der Waals surface area contributed by atoms with Crippen molar-refractivity contribution in [2.45, 2.75) is 210 Å². The van der Waals surface area contributed by atoms with Crippen molar-refractivity contribution in [1.29, 1.82) is 0 Å². The van der Waals surface area contributed by atoms with E-state index in [4.69, 9.17) is 22.9 Å². The number of aromatic amines is 2. The molecule has 23 N–H and O–H groups in total. The van der Waals surface area contributed by atoms with Gasteiger partial charge in [0, 0.05) is 67.9 Å². The Labute approximate surface area is 643 Å². The smallest absolute Gasteiger partial charge is 0.328 e. The number of amides is 11. The molecule has 7 rings (SSSR count). The highest BCUT2D eigenvalue weighted by Crippen LogP contribution is 2.25. The van der Waals surface area contributed by atoms with E-state index in [1.807, 2.05) is 38.1 Å². The third kappa shape index (κ3) is 26.3. The lowest BCUT2D eigenvalue weighted by molar-refractivity contribution is -0.146. The van der Waals surface area contributed by atoms with Gasteiger partial charge in [-0.2, -0.15) is 0 Å². The van der Waals surface area contributed by atoms with Gasteiger partial charge >= 0.3 is 5.97 Å². The number of carbonyl (C=O) groups is 12. The van der Waals surface area contributed by atoms with E-state index in [1.54, 1.807) is 50.4 Å². The number of guanidine groups is 1. The molecule has 111 heavy (non-hydrogen) atoms. The van der Waals surface area contributed by atoms with Gasteiger partial charge in [0.2, 0.25) is 65.0 Å². The number of nitrogens with one attached hydrogen (secondary N) is 11. The van der Waals surface area contributed by atoms with Gasteiger partial charge in [-0.1, -0.05) is 88.4 Å². The summed E-state index contributed by atoms with van der Waals surface area (Å²) in [7, 11) is 0. The van der Waals surface area contributed by atoms with Crippen LogP contribution in [0.1, 0.15) is 128 Å². The number of hydrogen-bond donors (Lipinski definition) is 19. The highest BCUT2D eigenvalue weighted by atomic mass is 16.4. The van der Waals surface area contributed by atoms with E-state index in [1.165, 1.54) is 53.5 Å². The van der Waals surface area contributed by atoms with Crippen LogP contribution < -0.4 is 70.8 Å². The van der Waals surface area contributed by atoms with E-state index >= 15 is 9.59 Å². The maximum Gasteiger partial charge on any atom is 0.328 e. The third-order valence-corrected chi connectivity index (χ3v) is 19.3. The lowest BCUT2D eigenvalue weighted by Crippen LogP contribution is -2.62. The van der Waals surface area contributed by atoms with Crippen molar-refractivity contribution in [1.82, 2.24) is 72.6 Å². The van der Waals surface area contributed by atoms with Gasteiger partial charge in [0.15, 0.2) is 5.96 Å². The van der Waals surface area contributed by atoms with Crippen molar-refractivity contribution < 1.29 is 78.0 Å². The van der Waals surface area contributed by atoms with Crippen LogP contribution in [0.3, 0.4) is 0 Å². The van der Waals surface area contributed by atoms with Crippen molar-refractivity contribution in [3.63, 3.8) is 0 Å². The number of hydrogen-bond acceptors (Lipinski definition) is 19. The first kappa shape index (κ1) is 87.2. The van der Waals surface area contributed by atoms with Crippen molar-refractivity contribution in [3.8, 4) is 5.75 Å². The molecule has 13 atom stereocenters. The number of carboxylic acid groups (broad SMARTS) is 1. The molecular weight excluding hydrogens is 1430 g/mol. The normalized spacial score (nSPS) is 17.1. The molecule has 0 saturated carbocycles. The number of aliphatic imine (C=N–C) groups is 1. The Kier molecular flexibility index (Phi) is 33.6. The standard InChI is InChI=1S/C76H109N19O16/c1-42(2)32-58(90-67(102)55(34-45-16-7-6-8-17-45)88-65(100)53(20-11-12-28-77)86-72(107)63(44(5)97)93-69(104)57(37-48-39-81-41-84-48)87-64(99)51(78)36-47-38-83-52-19-10-9-18-50(47)52)73(108)94-30-14-22-61(94)70(105)85-54(21-13-29-82-76(79)80)66(101)89-56(35-46-24-26-49(98)27-25-46)68(103)91-59(33-43(3)4)74(109)95-31-15-23-62(95)71(106)92-60(40-96)75(110)111/h6-10,16-19,24-27,38-39,41-44,51,53-63,83,96-98H,11-15,20-23,28-37,40,77-78H2,1-5H3,(H,81,84)(H,85,105)(H,86,107)(H,87,99)(H,88,100)(H,89,101)(H,90,102)(H,91,103)(H,92,106)(H,93,104)(H,110,111)(H4,79,80,82)/t44-,51+,53+,54+,55+,56+,57+,58+,59+,60+,61+,62+,63+/m1/s1. The zero-order chi connectivity index (χ0) is 81.0. The number of aromatic nitrogens is 3. The fourth-order valence-electron chi connectivity index (χ4n) is 13.5. The summed E-state index contributed by atoms with van der Waals surface area (Å²) in [5, 5.41) is 65.5. The van der Waals surface area contributed by atoms with E-state index in [9.17, 15) is 68.4 Å². The summed E-state index contributed by atoms with van der Waals surface area (Å²) in [4.78, 5) is 188. The first-order valence-electron chi connectivity index (χ1n) is 37.7. The van der Waals surface area contributed by atoms with E-state index in [0.29, 0.717) is 36.1 Å². The highest BCUT2D eigenvalue weighted by Gasteiger charge is 2.43. The number of aromatic hydroxyl groups is 1. The number of unbranched alkanes of at least 4 members (excludes halogenated alkanes) is 1. The molecule has 0 unspecified atom stereocenters. The first-order chi connectivity index (χ1) is 52.9. The van der Waals surface area contributed by atoms with Crippen LogP contribution in [0.25, 0.3) is 10.9 Å². The van der Waals surface area contributed by atoms with Crippen molar-refractivity contribution >= 4 is 87.8 Å². The number of nitrogens with two attached hydrogens (primary N) is 4. The maximum atomic E-state index is 15.2. The van der Waals surface area contributed by atoms with Gasteiger partial charge in [0.25, 0.3) is 0 Å². The largest absolute Gasteiger partial charge is 0.508 e. The molecule has 11 amide bonds. The molecule has 604 valence electrons. The number of phenols is 1. The number of para-hydroxylation sites is 1. The monoisotopic (exact) mass is 1540 g/mol. The Morgan fingerprint density at radius 1 is 0.559 bits per heavy atom. The van der Waals surface area contributed by atoms with Crippen LogP contribution in [0.15, 0.2) is 103 Å². The summed E-state index contributed by atoms with van der Waals surface area (Å²) in [5.74, 6) is -11.2. The summed E-state index contributed by atoms with van der Waals surface area (Å²) >= 11 is 0. The van der Waals surface area contributed by atoms with Crippen LogP contribution in [-0.2, 0) is 83.2 Å². The van der Waals surface area contributed by atoms with Gasteiger partial charge in [0.1, 0.15) is 72.2 Å². The Morgan fingerprint density at radius 2 is 1.05 bits per heavy atom. The number of imidazole rings is 1. The number of H-pyrrole nitrogens is 2. The van der Waals surface area contributed by atoms with Crippen molar-refractivity contribution in [2.75, 3.05) is 32.8 Å². The van der Waals surface area contributed by atoms with Crippen LogP contribution in [-0.4, -0.2) is 233 Å². The number of aliphatic carboxylic acids is 1. The van der Waals surface area contributed by atoms with Crippen LogP contribution in [0, 0.1) is 11.8 Å². The lowest BCUT2D eigenvalue weighted by Gasteiger charge is -2.32. The second-order valence-corrected chi connectivity index (χ2v) is 29.1. The van der Waals surface area contributed by atoms with E-state index in [2.05, 4.69) is 67.8 Å². The Morgan fingerprint density at radius 3 is 1.57 bits per heavy atom. The van der Waals surface area contributed by atoms with E-state index < -0.39 is 156 Å².